The third kappa shape index (κ3) is 3.27. The molecule has 0 aliphatic rings. The molecule has 20 heavy (non-hydrogen) atoms. The van der Waals surface area contributed by atoms with E-state index in [9.17, 15) is 4.79 Å². The summed E-state index contributed by atoms with van der Waals surface area (Å²) < 4.78 is 0. The number of benzene rings is 1. The van der Waals surface area contributed by atoms with Crippen molar-refractivity contribution in [1.82, 2.24) is 10.3 Å². The molecule has 5 nitrogen and oxygen atoms in total. The fourth-order valence-electron chi connectivity index (χ4n) is 1.76. The number of nitrogen functional groups attached to an aromatic ring is 1. The van der Waals surface area contributed by atoms with Gasteiger partial charge in [-0.25, -0.2) is 4.98 Å². The topological polar surface area (TPSA) is 80.0 Å². The maximum absolute atomic E-state index is 11.6. The third-order valence-electron chi connectivity index (χ3n) is 2.92. The first kappa shape index (κ1) is 14.3. The Balaban J connectivity index is 2.10. The van der Waals surface area contributed by atoms with Gasteiger partial charge in [-0.15, -0.1) is 11.3 Å². The van der Waals surface area contributed by atoms with Crippen molar-refractivity contribution in [3.8, 4) is 0 Å². The van der Waals surface area contributed by atoms with E-state index in [4.69, 9.17) is 5.73 Å². The van der Waals surface area contributed by atoms with Crippen molar-refractivity contribution in [2.75, 3.05) is 18.1 Å². The van der Waals surface area contributed by atoms with Crippen LogP contribution in [0.2, 0.25) is 0 Å². The van der Waals surface area contributed by atoms with Crippen LogP contribution in [0.3, 0.4) is 0 Å². The van der Waals surface area contributed by atoms with Gasteiger partial charge in [-0.05, 0) is 24.6 Å². The van der Waals surface area contributed by atoms with Crippen LogP contribution < -0.4 is 16.4 Å². The van der Waals surface area contributed by atoms with Gasteiger partial charge >= 0.3 is 0 Å². The van der Waals surface area contributed by atoms with Crippen LogP contribution in [0.25, 0.3) is 0 Å². The second-order valence-electron chi connectivity index (χ2n) is 4.31. The van der Waals surface area contributed by atoms with E-state index in [0.717, 1.165) is 17.1 Å². The predicted octanol–water partition coefficient (Wildman–Crippen LogP) is 2.26. The number of carbonyl (C=O) groups excluding carboxylic acids is 1. The van der Waals surface area contributed by atoms with Gasteiger partial charge in [0.15, 0.2) is 0 Å². The van der Waals surface area contributed by atoms with Crippen molar-refractivity contribution in [2.24, 2.45) is 0 Å². The molecule has 2 aromatic rings. The van der Waals surface area contributed by atoms with Crippen molar-refractivity contribution >= 4 is 28.6 Å². The van der Waals surface area contributed by atoms with E-state index in [1.807, 2.05) is 6.20 Å². The number of nitrogens with two attached hydrogens (primary N) is 1. The number of aryl methyl sites for hydroxylation is 1. The number of aromatic nitrogens is 1. The zero-order chi connectivity index (χ0) is 14.5. The second kappa shape index (κ2) is 6.38. The van der Waals surface area contributed by atoms with Crippen LogP contribution in [0.15, 0.2) is 24.4 Å². The van der Waals surface area contributed by atoms with Gasteiger partial charge in [0.2, 0.25) is 0 Å². The molecule has 0 radical (unpaired) electrons. The van der Waals surface area contributed by atoms with Gasteiger partial charge in [0.25, 0.3) is 5.91 Å². The molecule has 4 N–H and O–H groups in total. The van der Waals surface area contributed by atoms with Gasteiger partial charge < -0.3 is 16.4 Å². The highest BCUT2D eigenvalue weighted by molar-refractivity contribution is 7.11. The summed E-state index contributed by atoms with van der Waals surface area (Å²) in [5, 5.41) is 6.83. The minimum absolute atomic E-state index is 0.129. The zero-order valence-corrected chi connectivity index (χ0v) is 12.4. The highest BCUT2D eigenvalue weighted by atomic mass is 32.1. The fourth-order valence-corrected chi connectivity index (χ4v) is 2.56. The highest BCUT2D eigenvalue weighted by Crippen LogP contribution is 2.22. The van der Waals surface area contributed by atoms with Crippen molar-refractivity contribution < 1.29 is 4.79 Å². The van der Waals surface area contributed by atoms with Crippen LogP contribution in [0.4, 0.5) is 11.4 Å². The van der Waals surface area contributed by atoms with E-state index in [-0.39, 0.29) is 5.91 Å². The number of rotatable bonds is 5. The number of thiazole rings is 1. The number of nitrogens with one attached hydrogen (secondary N) is 2. The maximum atomic E-state index is 11.6. The molecule has 0 spiro atoms. The first-order chi connectivity index (χ1) is 9.63. The predicted molar refractivity (Wildman–Crippen MR) is 83.1 cm³/mol. The minimum Gasteiger partial charge on any atom is -0.397 e. The molecule has 0 saturated carbocycles. The Labute approximate surface area is 122 Å². The molecule has 1 aromatic heterocycles. The first-order valence-corrected chi connectivity index (χ1v) is 7.24. The number of anilines is 2. The molecule has 0 saturated heterocycles. The van der Waals surface area contributed by atoms with Crippen molar-refractivity contribution in [3.05, 3.63) is 39.8 Å². The normalized spacial score (nSPS) is 10.3. The summed E-state index contributed by atoms with van der Waals surface area (Å²) in [6.07, 6.45) is 2.89. The number of hydrogen-bond acceptors (Lipinski definition) is 5. The summed E-state index contributed by atoms with van der Waals surface area (Å²) in [7, 11) is 1.60. The van der Waals surface area contributed by atoms with E-state index in [1.165, 1.54) is 4.88 Å². The molecule has 0 aliphatic carbocycles. The largest absolute Gasteiger partial charge is 0.397 e. The highest BCUT2D eigenvalue weighted by Gasteiger charge is 2.07. The van der Waals surface area contributed by atoms with Crippen LogP contribution >= 0.6 is 11.3 Å². The SMILES string of the molecule is CCc1cnc(CNc2cc(C(=O)NC)ccc2N)s1. The van der Waals surface area contributed by atoms with Crippen LogP contribution in [0.1, 0.15) is 27.2 Å². The Morgan fingerprint density at radius 3 is 2.90 bits per heavy atom. The number of amides is 1. The Morgan fingerprint density at radius 2 is 2.25 bits per heavy atom. The fraction of sp³-hybridized carbons (Fsp3) is 0.286. The minimum atomic E-state index is -0.129. The molecule has 1 heterocycles. The molecule has 0 unspecified atom stereocenters. The second-order valence-corrected chi connectivity index (χ2v) is 5.51. The van der Waals surface area contributed by atoms with Gasteiger partial charge in [-0.3, -0.25) is 4.79 Å². The monoisotopic (exact) mass is 290 g/mol. The van der Waals surface area contributed by atoms with Crippen LogP contribution in [0.5, 0.6) is 0 Å². The lowest BCUT2D eigenvalue weighted by Gasteiger charge is -2.09. The van der Waals surface area contributed by atoms with E-state index in [2.05, 4.69) is 22.5 Å². The first-order valence-electron chi connectivity index (χ1n) is 6.43. The third-order valence-corrected chi connectivity index (χ3v) is 4.06. The number of hydrogen-bond donors (Lipinski definition) is 3. The smallest absolute Gasteiger partial charge is 0.251 e. The summed E-state index contributed by atoms with van der Waals surface area (Å²) in [6.45, 7) is 2.71. The van der Waals surface area contributed by atoms with Crippen molar-refractivity contribution in [1.29, 1.82) is 0 Å². The average molecular weight is 290 g/mol. The summed E-state index contributed by atoms with van der Waals surface area (Å²) in [5.74, 6) is -0.129. The molecule has 1 aromatic carbocycles. The summed E-state index contributed by atoms with van der Waals surface area (Å²) in [6, 6.07) is 5.19. The number of nitrogens with zero attached hydrogens (tertiary/aromatic N) is 1. The van der Waals surface area contributed by atoms with Gasteiger partial charge in [-0.1, -0.05) is 6.92 Å². The van der Waals surface area contributed by atoms with Crippen LogP contribution in [-0.4, -0.2) is 17.9 Å². The average Bonchev–Trinajstić information content (AvgIpc) is 2.93. The summed E-state index contributed by atoms with van der Waals surface area (Å²) >= 11 is 1.68. The molecule has 0 aliphatic heterocycles. The number of carbonyl (C=O) groups is 1. The molecular formula is C14H18N4OS. The van der Waals surface area contributed by atoms with E-state index < -0.39 is 0 Å². The Morgan fingerprint density at radius 1 is 1.45 bits per heavy atom. The standard InChI is InChI=1S/C14H18N4OS/c1-3-10-7-18-13(20-10)8-17-12-6-9(14(19)16-2)4-5-11(12)15/h4-7,17H,3,8,15H2,1-2H3,(H,16,19). The van der Waals surface area contributed by atoms with Crippen LogP contribution in [-0.2, 0) is 13.0 Å². The Hall–Kier alpha value is -2.08. The lowest BCUT2D eigenvalue weighted by Crippen LogP contribution is -2.18. The van der Waals surface area contributed by atoms with E-state index in [1.54, 1.807) is 36.6 Å². The Kier molecular flexibility index (Phi) is 4.57. The van der Waals surface area contributed by atoms with Gasteiger partial charge in [0.05, 0.1) is 17.9 Å². The zero-order valence-electron chi connectivity index (χ0n) is 11.6. The van der Waals surface area contributed by atoms with Crippen molar-refractivity contribution in [2.45, 2.75) is 19.9 Å². The van der Waals surface area contributed by atoms with Gasteiger partial charge in [-0.2, -0.15) is 0 Å². The summed E-state index contributed by atoms with van der Waals surface area (Å²) in [4.78, 5) is 17.2. The molecule has 106 valence electrons. The van der Waals surface area contributed by atoms with E-state index in [0.29, 0.717) is 17.8 Å². The Bertz CT molecular complexity index is 609. The molecule has 0 fully saturated rings. The van der Waals surface area contributed by atoms with Gasteiger partial charge in [0.1, 0.15) is 5.01 Å². The lowest BCUT2D eigenvalue weighted by atomic mass is 10.1. The summed E-state index contributed by atoms with van der Waals surface area (Å²) in [5.41, 5.74) is 7.86. The van der Waals surface area contributed by atoms with Crippen molar-refractivity contribution in [3.63, 3.8) is 0 Å². The molecule has 1 amide bonds. The van der Waals surface area contributed by atoms with E-state index >= 15 is 0 Å². The molecule has 2 rings (SSSR count). The maximum Gasteiger partial charge on any atom is 0.251 e. The molecular weight excluding hydrogens is 272 g/mol. The molecule has 0 bridgehead atoms. The van der Waals surface area contributed by atoms with Crippen LogP contribution in [0, 0.1) is 0 Å². The molecule has 0 atom stereocenters. The quantitative estimate of drug-likeness (QED) is 0.738. The lowest BCUT2D eigenvalue weighted by molar-refractivity contribution is 0.0963. The van der Waals surface area contributed by atoms with Gasteiger partial charge in [0, 0.05) is 23.7 Å². The molecule has 6 heteroatoms.